The lowest BCUT2D eigenvalue weighted by Gasteiger charge is -2.31. The van der Waals surface area contributed by atoms with Crippen molar-refractivity contribution in [3.05, 3.63) is 89.5 Å². The second-order valence-electron chi connectivity index (χ2n) is 17.6. The molecule has 0 aromatic heterocycles. The van der Waals surface area contributed by atoms with Crippen molar-refractivity contribution in [3.63, 3.8) is 0 Å². The molecule has 0 aliphatic rings. The molecule has 2 unspecified atom stereocenters. The molecule has 0 spiro atoms. The minimum atomic E-state index is -3.38. The standard InChI is InChI=1S/C44H65F3O4Si3/c1-29(2)27-52(45,28-30(3)4)38-21-19-37(20-22-38)43(41(48)25-35-15-13-17-39(23-35)53(46,31(5)6)32(7)8)44(50)51-42(49)26-36-16-14-18-40(24-36)54(47,33(9)10)34(11)12/h13-24,29-34,41,43,48H,25-28H2,1-12H3. The van der Waals surface area contributed by atoms with Gasteiger partial charge in [0.25, 0.3) is 25.2 Å². The number of benzene rings is 3. The van der Waals surface area contributed by atoms with Crippen molar-refractivity contribution in [1.82, 2.24) is 0 Å². The van der Waals surface area contributed by atoms with Gasteiger partial charge >= 0.3 is 11.9 Å². The number of aliphatic hydroxyl groups is 1. The maximum absolute atomic E-state index is 16.7. The fraction of sp³-hybridized carbons (Fsp3) is 0.545. The maximum atomic E-state index is 16.7. The zero-order valence-electron chi connectivity index (χ0n) is 34.7. The van der Waals surface area contributed by atoms with Gasteiger partial charge in [-0.2, -0.15) is 0 Å². The monoisotopic (exact) mass is 798 g/mol. The highest BCUT2D eigenvalue weighted by atomic mass is 28.4. The van der Waals surface area contributed by atoms with Crippen LogP contribution in [0.4, 0.5) is 12.3 Å². The highest BCUT2D eigenvalue weighted by molar-refractivity contribution is 6.89. The summed E-state index contributed by atoms with van der Waals surface area (Å²) >= 11 is 0. The van der Waals surface area contributed by atoms with Gasteiger partial charge < -0.3 is 22.2 Å². The molecule has 0 fully saturated rings. The SMILES string of the molecule is CC(C)C[Si](F)(CC(C)C)c1ccc(C(C(=O)OC(=O)Cc2cccc([Si](F)(C(C)C)C(C)C)c2)C(O)Cc2cccc([Si](F)(C(C)C)C(C)C)c2)cc1. The van der Waals surface area contributed by atoms with E-state index in [1.807, 2.05) is 83.1 Å². The second-order valence-corrected chi connectivity index (χ2v) is 29.7. The number of carbonyl (C=O) groups is 2. The van der Waals surface area contributed by atoms with Gasteiger partial charge in [-0.25, -0.2) is 0 Å². The zero-order chi connectivity index (χ0) is 40.8. The summed E-state index contributed by atoms with van der Waals surface area (Å²) in [4.78, 5) is 27.3. The van der Waals surface area contributed by atoms with Gasteiger partial charge in [-0.1, -0.05) is 156 Å². The van der Waals surface area contributed by atoms with Gasteiger partial charge in [0.05, 0.1) is 12.5 Å². The van der Waals surface area contributed by atoms with Crippen LogP contribution in [0.2, 0.25) is 34.3 Å². The molecule has 298 valence electrons. The Bertz CT molecular complexity index is 1660. The lowest BCUT2D eigenvalue weighted by atomic mass is 9.89. The smallest absolute Gasteiger partial charge is 0.323 e. The maximum Gasteiger partial charge on any atom is 0.323 e. The van der Waals surface area contributed by atoms with Crippen LogP contribution in [0.1, 0.15) is 106 Å². The number of carbonyl (C=O) groups excluding carboxylic acids is 2. The highest BCUT2D eigenvalue weighted by Crippen LogP contribution is 2.35. The molecule has 54 heavy (non-hydrogen) atoms. The quantitative estimate of drug-likeness (QED) is 0.0603. The molecule has 0 bridgehead atoms. The number of aliphatic hydroxyl groups excluding tert-OH is 1. The molecule has 3 aromatic rings. The van der Waals surface area contributed by atoms with Crippen molar-refractivity contribution in [3.8, 4) is 0 Å². The molecule has 0 aliphatic heterocycles. The molecular weight excluding hydrogens is 734 g/mol. The van der Waals surface area contributed by atoms with E-state index < -0.39 is 49.2 Å². The fourth-order valence-electron chi connectivity index (χ4n) is 8.38. The Labute approximate surface area is 326 Å². The van der Waals surface area contributed by atoms with Crippen molar-refractivity contribution in [2.24, 2.45) is 11.8 Å². The van der Waals surface area contributed by atoms with Gasteiger partial charge in [-0.05, 0) is 84.8 Å². The van der Waals surface area contributed by atoms with Gasteiger partial charge in [0, 0.05) is 0 Å². The third-order valence-corrected chi connectivity index (χ3v) is 24.4. The molecular formula is C44H65F3O4Si3. The number of hydrogen-bond acceptors (Lipinski definition) is 4. The first-order chi connectivity index (χ1) is 25.1. The van der Waals surface area contributed by atoms with E-state index in [9.17, 15) is 14.7 Å². The Morgan fingerprint density at radius 2 is 1.04 bits per heavy atom. The topological polar surface area (TPSA) is 63.6 Å². The van der Waals surface area contributed by atoms with Gasteiger partial charge in [0.15, 0.2) is 0 Å². The van der Waals surface area contributed by atoms with Crippen LogP contribution in [-0.4, -0.2) is 48.4 Å². The first kappa shape index (κ1) is 45.6. The van der Waals surface area contributed by atoms with E-state index in [0.29, 0.717) is 44.3 Å². The van der Waals surface area contributed by atoms with E-state index in [1.165, 1.54) is 0 Å². The van der Waals surface area contributed by atoms with Crippen LogP contribution >= 0.6 is 0 Å². The van der Waals surface area contributed by atoms with Gasteiger partial charge in [0.2, 0.25) is 0 Å². The van der Waals surface area contributed by atoms with Crippen LogP contribution in [0.3, 0.4) is 0 Å². The first-order valence-corrected chi connectivity index (χ1v) is 26.2. The third-order valence-electron chi connectivity index (χ3n) is 11.0. The summed E-state index contributed by atoms with van der Waals surface area (Å²) in [6.07, 6.45) is -1.59. The minimum absolute atomic E-state index is 0.00236. The van der Waals surface area contributed by atoms with Gasteiger partial charge in [-0.15, -0.1) is 0 Å². The molecule has 10 heteroatoms. The van der Waals surface area contributed by atoms with E-state index in [0.717, 1.165) is 0 Å². The van der Waals surface area contributed by atoms with E-state index in [1.54, 1.807) is 72.8 Å². The second kappa shape index (κ2) is 18.9. The average Bonchev–Trinajstić information content (AvgIpc) is 3.06. The van der Waals surface area contributed by atoms with Crippen LogP contribution < -0.4 is 15.6 Å². The Balaban J connectivity index is 2.00. The third kappa shape index (κ3) is 10.7. The summed E-state index contributed by atoms with van der Waals surface area (Å²) in [5.41, 5.74) is 0.921. The molecule has 2 atom stereocenters. The number of ether oxygens (including phenoxy) is 1. The lowest BCUT2D eigenvalue weighted by Crippen LogP contribution is -2.49. The molecule has 0 saturated heterocycles. The zero-order valence-corrected chi connectivity index (χ0v) is 37.7. The fourth-order valence-corrected chi connectivity index (χ4v) is 19.2. The summed E-state index contributed by atoms with van der Waals surface area (Å²) in [7, 11) is -10.1. The number of esters is 2. The molecule has 0 amide bonds. The number of halogens is 3. The number of rotatable bonds is 18. The number of hydrogen-bond donors (Lipinski definition) is 1. The predicted octanol–water partition coefficient (Wildman–Crippen LogP) is 10.0. The van der Waals surface area contributed by atoms with Gasteiger partial charge in [0.1, 0.15) is 5.92 Å². The van der Waals surface area contributed by atoms with Crippen LogP contribution in [0, 0.1) is 11.8 Å². The molecule has 0 radical (unpaired) electrons. The van der Waals surface area contributed by atoms with Crippen LogP contribution in [-0.2, 0) is 27.2 Å². The molecule has 0 heterocycles. The first-order valence-electron chi connectivity index (χ1n) is 19.8. The van der Waals surface area contributed by atoms with Crippen molar-refractivity contribution in [2.45, 2.75) is 142 Å². The summed E-state index contributed by atoms with van der Waals surface area (Å²) in [5, 5.41) is 13.7. The molecule has 0 saturated carbocycles. The van der Waals surface area contributed by atoms with Crippen molar-refractivity contribution in [1.29, 1.82) is 0 Å². The van der Waals surface area contributed by atoms with E-state index in [-0.39, 0.29) is 46.8 Å². The Morgan fingerprint density at radius 3 is 1.46 bits per heavy atom. The van der Waals surface area contributed by atoms with Crippen molar-refractivity contribution in [2.75, 3.05) is 0 Å². The molecule has 4 nitrogen and oxygen atoms in total. The lowest BCUT2D eigenvalue weighted by molar-refractivity contribution is -0.162. The van der Waals surface area contributed by atoms with Crippen molar-refractivity contribution < 1.29 is 31.8 Å². The van der Waals surface area contributed by atoms with E-state index >= 15 is 12.3 Å². The van der Waals surface area contributed by atoms with Crippen LogP contribution in [0.5, 0.6) is 0 Å². The summed E-state index contributed by atoms with van der Waals surface area (Å²) in [6.45, 7) is 23.2. The normalized spacial score (nSPS) is 14.1. The van der Waals surface area contributed by atoms with Crippen LogP contribution in [0.25, 0.3) is 0 Å². The highest BCUT2D eigenvalue weighted by Gasteiger charge is 2.45. The Kier molecular flexibility index (Phi) is 16.0. The summed E-state index contributed by atoms with van der Waals surface area (Å²) < 4.78 is 55.0. The van der Waals surface area contributed by atoms with Crippen molar-refractivity contribution >= 4 is 52.7 Å². The molecule has 3 rings (SSSR count). The van der Waals surface area contributed by atoms with E-state index in [2.05, 4.69) is 0 Å². The minimum Gasteiger partial charge on any atom is -0.392 e. The molecule has 0 aliphatic carbocycles. The summed E-state index contributed by atoms with van der Waals surface area (Å²) in [5.74, 6) is -2.69. The largest absolute Gasteiger partial charge is 0.392 e. The molecule has 1 N–H and O–H groups in total. The van der Waals surface area contributed by atoms with Crippen LogP contribution in [0.15, 0.2) is 72.8 Å². The molecule has 3 aromatic carbocycles. The Hall–Kier alpha value is -2.80. The predicted molar refractivity (Wildman–Crippen MR) is 226 cm³/mol. The average molecular weight is 799 g/mol. The summed E-state index contributed by atoms with van der Waals surface area (Å²) in [6, 6.07) is 21.8. The Morgan fingerprint density at radius 1 is 0.611 bits per heavy atom. The van der Waals surface area contributed by atoms with E-state index in [4.69, 9.17) is 4.74 Å². The van der Waals surface area contributed by atoms with Gasteiger partial charge in [-0.3, -0.25) is 9.59 Å².